The Balaban J connectivity index is 2.03. The Kier molecular flexibility index (Phi) is 3.53. The van der Waals surface area contributed by atoms with Crippen molar-refractivity contribution < 1.29 is 23.1 Å². The number of carbonyl (C=O) groups excluding carboxylic acids is 1. The quantitative estimate of drug-likeness (QED) is 0.874. The molecule has 2 aromatic carbocycles. The van der Waals surface area contributed by atoms with Crippen molar-refractivity contribution in [2.24, 2.45) is 0 Å². The highest BCUT2D eigenvalue weighted by atomic mass is 32.2. The molecule has 0 fully saturated rings. The van der Waals surface area contributed by atoms with Crippen LogP contribution in [-0.2, 0) is 10.7 Å². The molecule has 1 aliphatic rings. The third kappa shape index (κ3) is 2.06. The fourth-order valence-corrected chi connectivity index (χ4v) is 3.66. The van der Waals surface area contributed by atoms with E-state index in [2.05, 4.69) is 0 Å². The summed E-state index contributed by atoms with van der Waals surface area (Å²) >= 11 is 0.452. The van der Waals surface area contributed by atoms with Gasteiger partial charge in [0.05, 0.1) is 0 Å². The Morgan fingerprint density at radius 2 is 1.73 bits per heavy atom. The van der Waals surface area contributed by atoms with Gasteiger partial charge in [-0.1, -0.05) is 42.5 Å². The molecule has 1 atom stereocenters. The van der Waals surface area contributed by atoms with Gasteiger partial charge in [0.15, 0.2) is 0 Å². The van der Waals surface area contributed by atoms with E-state index >= 15 is 0 Å². The molecule has 0 bridgehead atoms. The van der Waals surface area contributed by atoms with Gasteiger partial charge in [-0.2, -0.15) is 8.78 Å². The zero-order valence-electron chi connectivity index (χ0n) is 11.2. The number of halogens is 3. The first kappa shape index (κ1) is 15.1. The number of Topliss-reactive ketones (excluding diaryl/α,β-unsaturated/α-hetero) is 1. The van der Waals surface area contributed by atoms with E-state index in [-0.39, 0.29) is 5.75 Å². The largest absolute Gasteiger partial charge is 0.369 e. The Hall–Kier alpha value is -1.79. The van der Waals surface area contributed by atoms with Crippen LogP contribution in [-0.4, -0.2) is 16.8 Å². The summed E-state index contributed by atoms with van der Waals surface area (Å²) in [5.41, 5.74) is -0.409. The molecule has 1 N–H and O–H groups in total. The van der Waals surface area contributed by atoms with E-state index in [1.54, 1.807) is 30.3 Å². The van der Waals surface area contributed by atoms with Crippen LogP contribution in [0.25, 0.3) is 0 Å². The predicted molar refractivity (Wildman–Crippen MR) is 77.3 cm³/mol. The van der Waals surface area contributed by atoms with Crippen molar-refractivity contribution in [2.45, 2.75) is 16.6 Å². The number of benzene rings is 2. The van der Waals surface area contributed by atoms with Crippen molar-refractivity contribution in [3.05, 3.63) is 71.0 Å². The van der Waals surface area contributed by atoms with Gasteiger partial charge in [0, 0.05) is 16.9 Å². The van der Waals surface area contributed by atoms with Crippen LogP contribution in [0.4, 0.5) is 13.2 Å². The summed E-state index contributed by atoms with van der Waals surface area (Å²) in [4.78, 5) is 8.91. The summed E-state index contributed by atoms with van der Waals surface area (Å²) < 4.78 is 42.5. The molecular weight excluding hydrogens is 313 g/mol. The van der Waals surface area contributed by atoms with E-state index in [0.717, 1.165) is 12.1 Å². The normalized spacial score (nSPS) is 22.6. The molecule has 22 heavy (non-hydrogen) atoms. The van der Waals surface area contributed by atoms with E-state index in [9.17, 15) is 23.1 Å². The molecule has 0 heterocycles. The predicted octanol–water partition coefficient (Wildman–Crippen LogP) is 3.74. The number of alkyl halides is 2. The Morgan fingerprint density at radius 3 is 2.41 bits per heavy atom. The van der Waals surface area contributed by atoms with Crippen LogP contribution in [0.15, 0.2) is 48.5 Å². The van der Waals surface area contributed by atoms with Crippen LogP contribution in [0.3, 0.4) is 0 Å². The van der Waals surface area contributed by atoms with E-state index < -0.39 is 33.6 Å². The second-order valence-corrected chi connectivity index (χ2v) is 6.15. The van der Waals surface area contributed by atoms with Crippen LogP contribution >= 0.6 is 11.8 Å². The zero-order chi connectivity index (χ0) is 16.0. The number of carbonyl (C=O) groups is 1. The van der Waals surface area contributed by atoms with Crippen molar-refractivity contribution >= 4 is 17.5 Å². The summed E-state index contributed by atoms with van der Waals surface area (Å²) in [6, 6.07) is 11.9. The van der Waals surface area contributed by atoms with Gasteiger partial charge in [0.25, 0.3) is 0 Å². The number of hydrogen-bond acceptors (Lipinski definition) is 3. The molecule has 0 spiro atoms. The summed E-state index contributed by atoms with van der Waals surface area (Å²) in [5, 5.41) is 10.4. The highest BCUT2D eigenvalue weighted by Gasteiger charge is 2.67. The zero-order valence-corrected chi connectivity index (χ0v) is 12.0. The van der Waals surface area contributed by atoms with Gasteiger partial charge in [-0.25, -0.2) is 4.39 Å². The Morgan fingerprint density at radius 1 is 1.05 bits per heavy atom. The molecule has 2 nitrogen and oxygen atoms in total. The van der Waals surface area contributed by atoms with Crippen LogP contribution in [0.5, 0.6) is 0 Å². The first-order chi connectivity index (χ1) is 10.4. The maximum atomic E-state index is 14.3. The SMILES string of the molecule is O=C1c2cccc(F)c2C(O)(SCc2ccccc2)C1(F)F. The minimum Gasteiger partial charge on any atom is -0.369 e. The second-order valence-electron chi connectivity index (χ2n) is 4.98. The maximum Gasteiger partial charge on any atom is 0.351 e. The second kappa shape index (κ2) is 5.14. The summed E-state index contributed by atoms with van der Waals surface area (Å²) in [5.74, 6) is -6.61. The third-order valence-electron chi connectivity index (χ3n) is 3.60. The van der Waals surface area contributed by atoms with Gasteiger partial charge in [0.2, 0.25) is 10.7 Å². The lowest BCUT2D eigenvalue weighted by Gasteiger charge is -2.28. The topological polar surface area (TPSA) is 37.3 Å². The van der Waals surface area contributed by atoms with Crippen molar-refractivity contribution in [1.82, 2.24) is 0 Å². The Bertz CT molecular complexity index is 733. The number of thioether (sulfide) groups is 1. The van der Waals surface area contributed by atoms with Crippen LogP contribution in [0.1, 0.15) is 21.5 Å². The van der Waals surface area contributed by atoms with Crippen LogP contribution in [0, 0.1) is 5.82 Å². The molecule has 2 aromatic rings. The molecule has 1 unspecified atom stereocenters. The van der Waals surface area contributed by atoms with Gasteiger partial charge in [-0.3, -0.25) is 4.79 Å². The standard InChI is InChI=1S/C16H11F3O2S/c17-12-8-4-7-11-13(12)16(21,15(18,19)14(11)20)22-9-10-5-2-1-3-6-10/h1-8,21H,9H2. The lowest BCUT2D eigenvalue weighted by Crippen LogP contribution is -2.42. The maximum absolute atomic E-state index is 14.3. The van der Waals surface area contributed by atoms with E-state index in [1.807, 2.05) is 0 Å². The molecule has 0 radical (unpaired) electrons. The minimum atomic E-state index is -4.07. The third-order valence-corrected chi connectivity index (χ3v) is 4.95. The number of rotatable bonds is 3. The molecule has 6 heteroatoms. The number of fused-ring (bicyclic) bond motifs is 1. The van der Waals surface area contributed by atoms with E-state index in [4.69, 9.17) is 0 Å². The van der Waals surface area contributed by atoms with E-state index in [0.29, 0.717) is 17.3 Å². The lowest BCUT2D eigenvalue weighted by molar-refractivity contribution is -0.0935. The smallest absolute Gasteiger partial charge is 0.351 e. The Labute approximate surface area is 129 Å². The molecule has 0 aliphatic heterocycles. The summed E-state index contributed by atoms with van der Waals surface area (Å²) in [7, 11) is 0. The molecule has 0 aromatic heterocycles. The molecular formula is C16H11F3O2S. The van der Waals surface area contributed by atoms with Crippen LogP contribution in [0.2, 0.25) is 0 Å². The van der Waals surface area contributed by atoms with Gasteiger partial charge >= 0.3 is 5.92 Å². The van der Waals surface area contributed by atoms with Crippen molar-refractivity contribution in [3.8, 4) is 0 Å². The number of hydrogen-bond donors (Lipinski definition) is 1. The highest BCUT2D eigenvalue weighted by Crippen LogP contribution is 2.55. The van der Waals surface area contributed by atoms with Gasteiger partial charge in [0.1, 0.15) is 5.82 Å². The molecule has 0 amide bonds. The van der Waals surface area contributed by atoms with Gasteiger partial charge < -0.3 is 5.11 Å². The molecule has 114 valence electrons. The van der Waals surface area contributed by atoms with E-state index in [1.165, 1.54) is 6.07 Å². The number of aliphatic hydroxyl groups is 1. The summed E-state index contributed by atoms with van der Waals surface area (Å²) in [6.07, 6.45) is 0. The van der Waals surface area contributed by atoms with Crippen molar-refractivity contribution in [3.63, 3.8) is 0 Å². The fraction of sp³-hybridized carbons (Fsp3) is 0.188. The summed E-state index contributed by atoms with van der Waals surface area (Å²) in [6.45, 7) is 0. The molecule has 0 saturated carbocycles. The van der Waals surface area contributed by atoms with Gasteiger partial charge in [-0.05, 0) is 11.6 Å². The van der Waals surface area contributed by atoms with Crippen molar-refractivity contribution in [2.75, 3.05) is 0 Å². The molecule has 0 saturated heterocycles. The lowest BCUT2D eigenvalue weighted by atomic mass is 10.1. The number of ketones is 1. The highest BCUT2D eigenvalue weighted by molar-refractivity contribution is 7.99. The van der Waals surface area contributed by atoms with Crippen LogP contribution < -0.4 is 0 Å². The average Bonchev–Trinajstić information content (AvgIpc) is 2.66. The monoisotopic (exact) mass is 324 g/mol. The fourth-order valence-electron chi connectivity index (χ4n) is 2.46. The first-order valence-corrected chi connectivity index (χ1v) is 7.48. The molecule has 3 rings (SSSR count). The molecule has 1 aliphatic carbocycles. The van der Waals surface area contributed by atoms with Gasteiger partial charge in [-0.15, -0.1) is 11.8 Å². The first-order valence-electron chi connectivity index (χ1n) is 6.50. The average molecular weight is 324 g/mol. The minimum absolute atomic E-state index is 0.0218. The van der Waals surface area contributed by atoms with Crippen molar-refractivity contribution in [1.29, 1.82) is 0 Å².